The average molecular weight is 313 g/mol. The van der Waals surface area contributed by atoms with E-state index < -0.39 is 10.0 Å². The Morgan fingerprint density at radius 1 is 1.29 bits per heavy atom. The molecular formula is C15H27N3O2S. The van der Waals surface area contributed by atoms with Gasteiger partial charge in [0.05, 0.1) is 0 Å². The van der Waals surface area contributed by atoms with Gasteiger partial charge in [-0.05, 0) is 46.6 Å². The van der Waals surface area contributed by atoms with E-state index in [1.165, 1.54) is 0 Å². The minimum Gasteiger partial charge on any atom is -0.346 e. The van der Waals surface area contributed by atoms with Crippen molar-refractivity contribution in [2.24, 2.45) is 5.73 Å². The van der Waals surface area contributed by atoms with Crippen molar-refractivity contribution >= 4 is 10.0 Å². The Kier molecular flexibility index (Phi) is 4.80. The minimum atomic E-state index is -3.45. The summed E-state index contributed by atoms with van der Waals surface area (Å²) in [6.45, 7) is 8.40. The minimum absolute atomic E-state index is 0.0578. The van der Waals surface area contributed by atoms with Gasteiger partial charge in [-0.1, -0.05) is 6.42 Å². The van der Waals surface area contributed by atoms with Gasteiger partial charge in [0.2, 0.25) is 10.0 Å². The van der Waals surface area contributed by atoms with Crippen LogP contribution in [-0.2, 0) is 16.6 Å². The van der Waals surface area contributed by atoms with Crippen LogP contribution in [0.2, 0.25) is 0 Å². The predicted molar refractivity (Wildman–Crippen MR) is 84.5 cm³/mol. The molecule has 2 rings (SSSR count). The van der Waals surface area contributed by atoms with Crippen molar-refractivity contribution in [1.82, 2.24) is 8.87 Å². The molecule has 0 saturated carbocycles. The standard InChI is InChI=1S/C15H27N3O2S/c1-11(2)17-10-15(8-14(17)9-16)21(19,20)18-12(3)6-5-7-13(18)4/h8,10-13H,5-7,9,16H2,1-4H3. The van der Waals surface area contributed by atoms with Crippen LogP contribution in [0.25, 0.3) is 0 Å². The third kappa shape index (κ3) is 3.03. The van der Waals surface area contributed by atoms with Crippen molar-refractivity contribution in [3.63, 3.8) is 0 Å². The van der Waals surface area contributed by atoms with Crippen LogP contribution in [0, 0.1) is 0 Å². The molecule has 0 aromatic carbocycles. The molecule has 6 heteroatoms. The van der Waals surface area contributed by atoms with E-state index in [1.807, 2.05) is 32.3 Å². The van der Waals surface area contributed by atoms with Crippen molar-refractivity contribution in [2.45, 2.75) is 76.5 Å². The second-order valence-electron chi connectivity index (χ2n) is 6.34. The zero-order valence-corrected chi connectivity index (χ0v) is 14.2. The molecule has 0 bridgehead atoms. The molecule has 0 radical (unpaired) electrons. The Balaban J connectivity index is 2.44. The van der Waals surface area contributed by atoms with Crippen LogP contribution in [0.15, 0.2) is 17.2 Å². The Morgan fingerprint density at radius 2 is 1.86 bits per heavy atom. The van der Waals surface area contributed by atoms with E-state index in [1.54, 1.807) is 16.6 Å². The van der Waals surface area contributed by atoms with Gasteiger partial charge in [-0.25, -0.2) is 8.42 Å². The summed E-state index contributed by atoms with van der Waals surface area (Å²) in [5.41, 5.74) is 6.61. The average Bonchev–Trinajstić information content (AvgIpc) is 2.83. The summed E-state index contributed by atoms with van der Waals surface area (Å²) in [5.74, 6) is 0. The largest absolute Gasteiger partial charge is 0.346 e. The van der Waals surface area contributed by atoms with Crippen molar-refractivity contribution in [3.8, 4) is 0 Å². The predicted octanol–water partition coefficient (Wildman–Crippen LogP) is 2.48. The summed E-state index contributed by atoms with van der Waals surface area (Å²) in [6, 6.07) is 2.04. The van der Waals surface area contributed by atoms with E-state index in [9.17, 15) is 8.42 Å². The van der Waals surface area contributed by atoms with Gasteiger partial charge in [-0.2, -0.15) is 4.31 Å². The van der Waals surface area contributed by atoms with Gasteiger partial charge in [0.1, 0.15) is 4.90 Å². The van der Waals surface area contributed by atoms with Crippen LogP contribution in [0.4, 0.5) is 0 Å². The van der Waals surface area contributed by atoms with Gasteiger partial charge in [-0.15, -0.1) is 0 Å². The van der Waals surface area contributed by atoms with E-state index in [2.05, 4.69) is 0 Å². The number of aromatic nitrogens is 1. The van der Waals surface area contributed by atoms with Gasteiger partial charge < -0.3 is 10.3 Å². The van der Waals surface area contributed by atoms with E-state index in [0.717, 1.165) is 25.0 Å². The Bertz CT molecular complexity index is 582. The zero-order valence-electron chi connectivity index (χ0n) is 13.4. The number of nitrogens with zero attached hydrogens (tertiary/aromatic N) is 2. The fourth-order valence-electron chi connectivity index (χ4n) is 3.28. The number of sulfonamides is 1. The molecule has 2 N–H and O–H groups in total. The zero-order chi connectivity index (χ0) is 15.8. The van der Waals surface area contributed by atoms with Gasteiger partial charge in [0.25, 0.3) is 0 Å². The van der Waals surface area contributed by atoms with Crippen LogP contribution < -0.4 is 5.73 Å². The second-order valence-corrected chi connectivity index (χ2v) is 8.18. The second kappa shape index (κ2) is 6.10. The van der Waals surface area contributed by atoms with E-state index in [4.69, 9.17) is 5.73 Å². The molecule has 1 aromatic heterocycles. The number of hydrogen-bond donors (Lipinski definition) is 1. The number of piperidine rings is 1. The lowest BCUT2D eigenvalue weighted by Gasteiger charge is -2.37. The van der Waals surface area contributed by atoms with Gasteiger partial charge in [0.15, 0.2) is 0 Å². The van der Waals surface area contributed by atoms with Crippen LogP contribution in [0.5, 0.6) is 0 Å². The topological polar surface area (TPSA) is 68.3 Å². The third-order valence-electron chi connectivity index (χ3n) is 4.36. The van der Waals surface area contributed by atoms with E-state index in [-0.39, 0.29) is 18.1 Å². The molecule has 2 unspecified atom stereocenters. The SMILES string of the molecule is CC1CCCC(C)N1S(=O)(=O)c1cc(CN)n(C(C)C)c1. The molecule has 120 valence electrons. The van der Waals surface area contributed by atoms with Crippen molar-refractivity contribution < 1.29 is 8.42 Å². The Morgan fingerprint density at radius 3 is 2.29 bits per heavy atom. The molecule has 0 aliphatic carbocycles. The van der Waals surface area contributed by atoms with Gasteiger partial charge in [-0.3, -0.25) is 0 Å². The summed E-state index contributed by atoms with van der Waals surface area (Å²) < 4.78 is 29.6. The third-order valence-corrected chi connectivity index (χ3v) is 6.45. The van der Waals surface area contributed by atoms with E-state index in [0.29, 0.717) is 11.4 Å². The number of hydrogen-bond acceptors (Lipinski definition) is 3. The smallest absolute Gasteiger partial charge is 0.245 e. The fourth-order valence-corrected chi connectivity index (χ4v) is 5.21. The summed E-state index contributed by atoms with van der Waals surface area (Å²) in [7, 11) is -3.45. The molecule has 1 aromatic rings. The van der Waals surface area contributed by atoms with Crippen molar-refractivity contribution in [2.75, 3.05) is 0 Å². The normalized spacial score (nSPS) is 24.7. The first-order chi connectivity index (χ1) is 9.78. The molecular weight excluding hydrogens is 286 g/mol. The summed E-state index contributed by atoms with van der Waals surface area (Å²) >= 11 is 0. The van der Waals surface area contributed by atoms with Crippen molar-refractivity contribution in [1.29, 1.82) is 0 Å². The molecule has 2 heterocycles. The van der Waals surface area contributed by atoms with E-state index >= 15 is 0 Å². The van der Waals surface area contributed by atoms with Gasteiger partial charge >= 0.3 is 0 Å². The highest BCUT2D eigenvalue weighted by molar-refractivity contribution is 7.89. The highest BCUT2D eigenvalue weighted by Gasteiger charge is 2.36. The molecule has 0 spiro atoms. The number of rotatable bonds is 4. The Hall–Kier alpha value is -0.850. The molecule has 21 heavy (non-hydrogen) atoms. The molecule has 1 aliphatic heterocycles. The van der Waals surface area contributed by atoms with Crippen molar-refractivity contribution in [3.05, 3.63) is 18.0 Å². The van der Waals surface area contributed by atoms with Crippen LogP contribution in [-0.4, -0.2) is 29.4 Å². The monoisotopic (exact) mass is 313 g/mol. The first-order valence-corrected chi connectivity index (χ1v) is 9.17. The maximum atomic E-state index is 13.0. The van der Waals surface area contributed by atoms with Crippen LogP contribution in [0.1, 0.15) is 58.7 Å². The first-order valence-electron chi connectivity index (χ1n) is 7.73. The summed E-state index contributed by atoms with van der Waals surface area (Å²) in [5, 5.41) is 0. The molecule has 5 nitrogen and oxygen atoms in total. The lowest BCUT2D eigenvalue weighted by Crippen LogP contribution is -2.47. The molecule has 1 fully saturated rings. The lowest BCUT2D eigenvalue weighted by molar-refractivity contribution is 0.204. The first kappa shape index (κ1) is 16.5. The summed E-state index contributed by atoms with van der Waals surface area (Å²) in [4.78, 5) is 0.372. The maximum absolute atomic E-state index is 13.0. The molecule has 1 saturated heterocycles. The highest BCUT2D eigenvalue weighted by atomic mass is 32.2. The maximum Gasteiger partial charge on any atom is 0.245 e. The number of nitrogens with two attached hydrogens (primary N) is 1. The van der Waals surface area contributed by atoms with Crippen LogP contribution in [0.3, 0.4) is 0 Å². The molecule has 2 atom stereocenters. The summed E-state index contributed by atoms with van der Waals surface area (Å²) in [6.07, 6.45) is 4.68. The molecule has 0 amide bonds. The lowest BCUT2D eigenvalue weighted by atomic mass is 10.0. The quantitative estimate of drug-likeness (QED) is 0.928. The highest BCUT2D eigenvalue weighted by Crippen LogP contribution is 2.30. The molecule has 1 aliphatic rings. The van der Waals surface area contributed by atoms with Gasteiger partial charge in [0, 0.05) is 36.6 Å². The fraction of sp³-hybridized carbons (Fsp3) is 0.733. The van der Waals surface area contributed by atoms with Crippen LogP contribution >= 0.6 is 0 Å². The Labute approximate surface area is 128 Å².